The van der Waals surface area contributed by atoms with Gasteiger partial charge in [-0.25, -0.2) is 9.97 Å². The molecule has 37 heavy (non-hydrogen) atoms. The number of aryl methyl sites for hydroxylation is 1. The van der Waals surface area contributed by atoms with Gasteiger partial charge in [0.15, 0.2) is 5.01 Å². The van der Waals surface area contributed by atoms with Gasteiger partial charge in [-0.3, -0.25) is 9.48 Å². The Morgan fingerprint density at radius 2 is 1.89 bits per heavy atom. The number of amides is 1. The predicted molar refractivity (Wildman–Crippen MR) is 137 cm³/mol. The molecule has 0 aliphatic carbocycles. The standard InChI is InChI=1S/C26H23F3N6OS/c1-13-3-7-20(14-5-8-21-19(10-14)33-25(37-21)26(27,28)29)35(12-13)24(36)15-4-6-18-16(9-15)22-17(23(30)32-18)11-31-34(22)2/h4-6,8-11,13,20H,3,7,12H2,1-2H3,(H2,30,32)/t13-,20+/m0/s1. The molecule has 6 rings (SSSR count). The highest BCUT2D eigenvalue weighted by atomic mass is 32.1. The number of nitrogens with zero attached hydrogens (tertiary/aromatic N) is 5. The molecule has 190 valence electrons. The Kier molecular flexibility index (Phi) is 5.37. The number of thiazole rings is 1. The number of hydrogen-bond donors (Lipinski definition) is 1. The lowest BCUT2D eigenvalue weighted by Gasteiger charge is -2.39. The molecule has 1 saturated heterocycles. The van der Waals surface area contributed by atoms with Crippen LogP contribution in [-0.2, 0) is 13.2 Å². The molecule has 2 aromatic carbocycles. The number of hydrogen-bond acceptors (Lipinski definition) is 6. The zero-order valence-corrected chi connectivity index (χ0v) is 20.9. The van der Waals surface area contributed by atoms with Crippen molar-refractivity contribution < 1.29 is 18.0 Å². The number of pyridine rings is 1. The first-order chi connectivity index (χ1) is 17.6. The second-order valence-corrected chi connectivity index (χ2v) is 10.7. The molecule has 0 bridgehead atoms. The second kappa shape index (κ2) is 8.41. The summed E-state index contributed by atoms with van der Waals surface area (Å²) in [6.07, 6.45) is -1.20. The molecule has 2 N–H and O–H groups in total. The lowest BCUT2D eigenvalue weighted by atomic mass is 9.89. The van der Waals surface area contributed by atoms with Gasteiger partial charge in [0.05, 0.1) is 38.9 Å². The summed E-state index contributed by atoms with van der Waals surface area (Å²) in [4.78, 5) is 24.0. The fourth-order valence-electron chi connectivity index (χ4n) is 5.25. The van der Waals surface area contributed by atoms with E-state index < -0.39 is 11.2 Å². The fraction of sp³-hybridized carbons (Fsp3) is 0.308. The normalized spacial score (nSPS) is 18.8. The molecule has 7 nitrogen and oxygen atoms in total. The number of likely N-dealkylation sites (tertiary alicyclic amines) is 1. The van der Waals surface area contributed by atoms with Gasteiger partial charge in [0.2, 0.25) is 0 Å². The van der Waals surface area contributed by atoms with E-state index in [2.05, 4.69) is 22.0 Å². The maximum atomic E-state index is 13.9. The van der Waals surface area contributed by atoms with E-state index >= 15 is 0 Å². The topological polar surface area (TPSA) is 89.9 Å². The number of nitrogens with two attached hydrogens (primary N) is 1. The van der Waals surface area contributed by atoms with Crippen molar-refractivity contribution in [3.63, 3.8) is 0 Å². The Bertz CT molecular complexity index is 1690. The number of carbonyl (C=O) groups is 1. The second-order valence-electron chi connectivity index (χ2n) is 9.66. The number of halogens is 3. The minimum Gasteiger partial charge on any atom is -0.383 e. The average Bonchev–Trinajstić information content (AvgIpc) is 3.47. The highest BCUT2D eigenvalue weighted by molar-refractivity contribution is 7.18. The molecular weight excluding hydrogens is 501 g/mol. The molecule has 2 atom stereocenters. The molecule has 3 aromatic heterocycles. The smallest absolute Gasteiger partial charge is 0.383 e. The van der Waals surface area contributed by atoms with Crippen LogP contribution in [0.2, 0.25) is 0 Å². The molecule has 0 spiro atoms. The van der Waals surface area contributed by atoms with Crippen molar-refractivity contribution in [2.75, 3.05) is 12.3 Å². The molecule has 4 heterocycles. The van der Waals surface area contributed by atoms with E-state index in [0.29, 0.717) is 57.3 Å². The van der Waals surface area contributed by atoms with Crippen molar-refractivity contribution in [1.82, 2.24) is 24.6 Å². The number of nitrogen functional groups attached to an aromatic ring is 1. The van der Waals surface area contributed by atoms with Gasteiger partial charge in [0.1, 0.15) is 5.82 Å². The molecule has 1 aliphatic heterocycles. The SMILES string of the molecule is C[C@H]1CC[C@H](c2ccc3sc(C(F)(F)F)nc3c2)N(C(=O)c2ccc3nc(N)c4cnn(C)c4c3c2)C1. The lowest BCUT2D eigenvalue weighted by Crippen LogP contribution is -2.41. The lowest BCUT2D eigenvalue weighted by molar-refractivity contribution is -0.137. The summed E-state index contributed by atoms with van der Waals surface area (Å²) >= 11 is 0.630. The van der Waals surface area contributed by atoms with Gasteiger partial charge in [-0.05, 0) is 54.7 Å². The third-order valence-electron chi connectivity index (χ3n) is 7.07. The highest BCUT2D eigenvalue weighted by Gasteiger charge is 2.36. The quantitative estimate of drug-likeness (QED) is 0.308. The molecule has 1 fully saturated rings. The zero-order valence-electron chi connectivity index (χ0n) is 20.1. The molecule has 0 radical (unpaired) electrons. The molecule has 1 aliphatic rings. The molecule has 0 unspecified atom stereocenters. The molecular formula is C26H23F3N6OS. The van der Waals surface area contributed by atoms with Crippen LogP contribution in [0.4, 0.5) is 19.0 Å². The number of piperidine rings is 1. The van der Waals surface area contributed by atoms with Crippen LogP contribution < -0.4 is 5.73 Å². The Labute approximate surface area is 213 Å². The van der Waals surface area contributed by atoms with Crippen molar-refractivity contribution in [2.45, 2.75) is 32.0 Å². The van der Waals surface area contributed by atoms with Crippen LogP contribution in [-0.4, -0.2) is 37.1 Å². The van der Waals surface area contributed by atoms with Crippen molar-refractivity contribution in [2.24, 2.45) is 13.0 Å². The van der Waals surface area contributed by atoms with Gasteiger partial charge < -0.3 is 10.6 Å². The van der Waals surface area contributed by atoms with E-state index in [0.717, 1.165) is 28.3 Å². The minimum absolute atomic E-state index is 0.139. The summed E-state index contributed by atoms with van der Waals surface area (Å²) < 4.78 is 41.8. The van der Waals surface area contributed by atoms with Gasteiger partial charge in [0, 0.05) is 24.5 Å². The number of aromatic nitrogens is 4. The van der Waals surface area contributed by atoms with E-state index in [1.807, 2.05) is 24.1 Å². The molecule has 0 saturated carbocycles. The first kappa shape index (κ1) is 23.7. The third kappa shape index (κ3) is 3.97. The van der Waals surface area contributed by atoms with Crippen LogP contribution in [0, 0.1) is 5.92 Å². The summed E-state index contributed by atoms with van der Waals surface area (Å²) in [5, 5.41) is 4.94. The van der Waals surface area contributed by atoms with Crippen LogP contribution >= 0.6 is 11.3 Å². The van der Waals surface area contributed by atoms with E-state index in [1.165, 1.54) is 0 Å². The number of benzene rings is 2. The van der Waals surface area contributed by atoms with Crippen molar-refractivity contribution >= 4 is 55.1 Å². The highest BCUT2D eigenvalue weighted by Crippen LogP contribution is 2.39. The fourth-order valence-corrected chi connectivity index (χ4v) is 6.07. The van der Waals surface area contributed by atoms with Gasteiger partial charge in [0.25, 0.3) is 5.91 Å². The van der Waals surface area contributed by atoms with E-state index in [9.17, 15) is 18.0 Å². The summed E-state index contributed by atoms with van der Waals surface area (Å²) in [6.45, 7) is 2.65. The summed E-state index contributed by atoms with van der Waals surface area (Å²) in [7, 11) is 1.82. The van der Waals surface area contributed by atoms with Crippen molar-refractivity contribution in [1.29, 1.82) is 0 Å². The maximum absolute atomic E-state index is 13.9. The number of rotatable bonds is 2. The number of alkyl halides is 3. The molecule has 5 aromatic rings. The monoisotopic (exact) mass is 524 g/mol. The van der Waals surface area contributed by atoms with Gasteiger partial charge in [-0.1, -0.05) is 13.0 Å². The Balaban J connectivity index is 1.40. The third-order valence-corrected chi connectivity index (χ3v) is 8.15. The van der Waals surface area contributed by atoms with Crippen molar-refractivity contribution in [3.8, 4) is 0 Å². The maximum Gasteiger partial charge on any atom is 0.443 e. The Morgan fingerprint density at radius 1 is 1.08 bits per heavy atom. The number of fused-ring (bicyclic) bond motifs is 4. The zero-order chi connectivity index (χ0) is 26.1. The Morgan fingerprint density at radius 3 is 2.68 bits per heavy atom. The summed E-state index contributed by atoms with van der Waals surface area (Å²) in [5.41, 5.74) is 9.17. The van der Waals surface area contributed by atoms with Crippen LogP contribution in [0.25, 0.3) is 32.0 Å². The number of carbonyl (C=O) groups excluding carboxylic acids is 1. The van der Waals surface area contributed by atoms with Crippen LogP contribution in [0.15, 0.2) is 42.6 Å². The summed E-state index contributed by atoms with van der Waals surface area (Å²) in [6, 6.07) is 10.3. The first-order valence-corrected chi connectivity index (χ1v) is 12.7. The largest absolute Gasteiger partial charge is 0.443 e. The van der Waals surface area contributed by atoms with Crippen LogP contribution in [0.3, 0.4) is 0 Å². The van der Waals surface area contributed by atoms with E-state index in [-0.39, 0.29) is 11.9 Å². The van der Waals surface area contributed by atoms with Gasteiger partial charge in [-0.15, -0.1) is 11.3 Å². The van der Waals surface area contributed by atoms with E-state index in [1.54, 1.807) is 35.1 Å². The van der Waals surface area contributed by atoms with Crippen LogP contribution in [0.5, 0.6) is 0 Å². The predicted octanol–water partition coefficient (Wildman–Crippen LogP) is 5.95. The van der Waals surface area contributed by atoms with Gasteiger partial charge in [-0.2, -0.15) is 18.3 Å². The average molecular weight is 525 g/mol. The number of anilines is 1. The first-order valence-electron chi connectivity index (χ1n) is 11.9. The minimum atomic E-state index is -4.49. The Hall–Kier alpha value is -3.73. The van der Waals surface area contributed by atoms with Crippen LogP contribution in [0.1, 0.15) is 46.7 Å². The van der Waals surface area contributed by atoms with Crippen molar-refractivity contribution in [3.05, 3.63) is 58.7 Å². The van der Waals surface area contributed by atoms with Gasteiger partial charge >= 0.3 is 6.18 Å². The summed E-state index contributed by atoms with van der Waals surface area (Å²) in [5.74, 6) is 0.538. The van der Waals surface area contributed by atoms with E-state index in [4.69, 9.17) is 5.73 Å². The molecule has 1 amide bonds. The molecule has 11 heteroatoms.